The van der Waals surface area contributed by atoms with Crippen LogP contribution in [0.2, 0.25) is 0 Å². The minimum absolute atomic E-state index is 0.353. The Morgan fingerprint density at radius 1 is 1.29 bits per heavy atom. The van der Waals surface area contributed by atoms with Crippen molar-refractivity contribution in [3.63, 3.8) is 0 Å². The standard InChI is InChI=1S/C15H30N2/c1-5-14-7-6-12(4)17(14)15(10-16)8-13(9-15)11(2)3/h11-14H,5-10,16H2,1-4H3. The molecule has 0 radical (unpaired) electrons. The summed E-state index contributed by atoms with van der Waals surface area (Å²) in [5.74, 6) is 1.73. The lowest BCUT2D eigenvalue weighted by atomic mass is 9.62. The molecule has 100 valence electrons. The molecule has 0 aromatic carbocycles. The van der Waals surface area contributed by atoms with Crippen LogP contribution in [-0.4, -0.2) is 29.1 Å². The highest BCUT2D eigenvalue weighted by atomic mass is 15.3. The molecule has 0 amide bonds. The first-order chi connectivity index (χ1) is 8.04. The van der Waals surface area contributed by atoms with Crippen molar-refractivity contribution in [1.29, 1.82) is 0 Å². The largest absolute Gasteiger partial charge is 0.329 e. The summed E-state index contributed by atoms with van der Waals surface area (Å²) in [6, 6.07) is 1.54. The molecule has 2 aliphatic rings. The van der Waals surface area contributed by atoms with Crippen molar-refractivity contribution in [3.05, 3.63) is 0 Å². The Kier molecular flexibility index (Phi) is 3.84. The maximum atomic E-state index is 6.15. The third kappa shape index (κ3) is 2.15. The molecule has 0 bridgehead atoms. The number of hydrogen-bond donors (Lipinski definition) is 1. The van der Waals surface area contributed by atoms with E-state index in [2.05, 4.69) is 32.6 Å². The lowest BCUT2D eigenvalue weighted by Crippen LogP contribution is -2.65. The van der Waals surface area contributed by atoms with Crippen molar-refractivity contribution < 1.29 is 0 Å². The van der Waals surface area contributed by atoms with Gasteiger partial charge in [0.15, 0.2) is 0 Å². The molecule has 0 aromatic rings. The number of nitrogens with two attached hydrogens (primary N) is 1. The highest BCUT2D eigenvalue weighted by molar-refractivity contribution is 5.08. The smallest absolute Gasteiger partial charge is 0.0342 e. The van der Waals surface area contributed by atoms with Crippen LogP contribution in [0.1, 0.15) is 59.8 Å². The molecule has 0 aromatic heterocycles. The van der Waals surface area contributed by atoms with Crippen molar-refractivity contribution in [2.75, 3.05) is 6.54 Å². The fourth-order valence-electron chi connectivity index (χ4n) is 4.20. The first kappa shape index (κ1) is 13.4. The first-order valence-corrected chi connectivity index (χ1v) is 7.52. The van der Waals surface area contributed by atoms with E-state index in [1.165, 1.54) is 32.1 Å². The third-order valence-corrected chi connectivity index (χ3v) is 5.41. The topological polar surface area (TPSA) is 29.3 Å². The quantitative estimate of drug-likeness (QED) is 0.816. The summed E-state index contributed by atoms with van der Waals surface area (Å²) in [4.78, 5) is 2.80. The van der Waals surface area contributed by atoms with Crippen LogP contribution in [0.5, 0.6) is 0 Å². The molecule has 2 fully saturated rings. The van der Waals surface area contributed by atoms with Crippen LogP contribution in [0.3, 0.4) is 0 Å². The van der Waals surface area contributed by atoms with Gasteiger partial charge in [0.2, 0.25) is 0 Å². The SMILES string of the molecule is CCC1CCC(C)N1C1(CN)CC(C(C)C)C1. The van der Waals surface area contributed by atoms with Gasteiger partial charge in [0, 0.05) is 24.2 Å². The monoisotopic (exact) mass is 238 g/mol. The second-order valence-corrected chi connectivity index (χ2v) is 6.74. The van der Waals surface area contributed by atoms with Gasteiger partial charge in [0.05, 0.1) is 0 Å². The zero-order valence-corrected chi connectivity index (χ0v) is 12.1. The van der Waals surface area contributed by atoms with Crippen molar-refractivity contribution >= 4 is 0 Å². The average Bonchev–Trinajstić information content (AvgIpc) is 2.60. The molecule has 1 aliphatic heterocycles. The zero-order chi connectivity index (χ0) is 12.6. The van der Waals surface area contributed by atoms with Gasteiger partial charge in [-0.2, -0.15) is 0 Å². The number of likely N-dealkylation sites (tertiary alicyclic amines) is 1. The lowest BCUT2D eigenvalue weighted by Gasteiger charge is -2.57. The van der Waals surface area contributed by atoms with Crippen LogP contribution < -0.4 is 5.73 Å². The molecule has 1 saturated carbocycles. The molecule has 1 saturated heterocycles. The predicted octanol–water partition coefficient (Wildman–Crippen LogP) is 3.01. The van der Waals surface area contributed by atoms with Crippen molar-refractivity contribution in [2.24, 2.45) is 17.6 Å². The van der Waals surface area contributed by atoms with Gasteiger partial charge in [-0.05, 0) is 50.9 Å². The Morgan fingerprint density at radius 3 is 2.41 bits per heavy atom. The van der Waals surface area contributed by atoms with Gasteiger partial charge >= 0.3 is 0 Å². The summed E-state index contributed by atoms with van der Waals surface area (Å²) >= 11 is 0. The molecular weight excluding hydrogens is 208 g/mol. The van der Waals surface area contributed by atoms with E-state index in [1.807, 2.05) is 0 Å². The summed E-state index contributed by atoms with van der Waals surface area (Å²) in [7, 11) is 0. The van der Waals surface area contributed by atoms with E-state index >= 15 is 0 Å². The van der Waals surface area contributed by atoms with Gasteiger partial charge in [-0.15, -0.1) is 0 Å². The van der Waals surface area contributed by atoms with Gasteiger partial charge < -0.3 is 5.73 Å². The molecular formula is C15H30N2. The van der Waals surface area contributed by atoms with Crippen molar-refractivity contribution in [3.8, 4) is 0 Å². The Hall–Kier alpha value is -0.0800. The summed E-state index contributed by atoms with van der Waals surface area (Å²) in [6.45, 7) is 10.3. The Morgan fingerprint density at radius 2 is 1.94 bits per heavy atom. The van der Waals surface area contributed by atoms with Gasteiger partial charge in [-0.25, -0.2) is 0 Å². The van der Waals surface area contributed by atoms with E-state index in [0.29, 0.717) is 5.54 Å². The van der Waals surface area contributed by atoms with Crippen LogP contribution >= 0.6 is 0 Å². The minimum atomic E-state index is 0.353. The van der Waals surface area contributed by atoms with Crippen LogP contribution in [0.4, 0.5) is 0 Å². The van der Waals surface area contributed by atoms with E-state index in [-0.39, 0.29) is 0 Å². The van der Waals surface area contributed by atoms with Crippen LogP contribution in [-0.2, 0) is 0 Å². The van der Waals surface area contributed by atoms with Crippen LogP contribution in [0, 0.1) is 11.8 Å². The van der Waals surface area contributed by atoms with Crippen LogP contribution in [0.15, 0.2) is 0 Å². The Labute approximate surface area is 107 Å². The maximum absolute atomic E-state index is 6.15. The Balaban J connectivity index is 2.08. The maximum Gasteiger partial charge on any atom is 0.0342 e. The first-order valence-electron chi connectivity index (χ1n) is 7.52. The van der Waals surface area contributed by atoms with Gasteiger partial charge in [-0.1, -0.05) is 20.8 Å². The number of hydrogen-bond acceptors (Lipinski definition) is 2. The lowest BCUT2D eigenvalue weighted by molar-refractivity contribution is -0.0613. The van der Waals surface area contributed by atoms with E-state index in [1.54, 1.807) is 0 Å². The van der Waals surface area contributed by atoms with E-state index in [9.17, 15) is 0 Å². The number of nitrogens with zero attached hydrogens (tertiary/aromatic N) is 1. The minimum Gasteiger partial charge on any atom is -0.329 e. The van der Waals surface area contributed by atoms with E-state index in [4.69, 9.17) is 5.73 Å². The second kappa shape index (κ2) is 4.89. The second-order valence-electron chi connectivity index (χ2n) is 6.74. The summed E-state index contributed by atoms with van der Waals surface area (Å²) in [6.07, 6.45) is 6.71. The number of rotatable bonds is 4. The fraction of sp³-hybridized carbons (Fsp3) is 1.00. The molecule has 2 heteroatoms. The average molecular weight is 238 g/mol. The van der Waals surface area contributed by atoms with Crippen LogP contribution in [0.25, 0.3) is 0 Å². The Bertz CT molecular complexity index is 256. The van der Waals surface area contributed by atoms with E-state index < -0.39 is 0 Å². The predicted molar refractivity (Wildman–Crippen MR) is 74.0 cm³/mol. The molecule has 1 heterocycles. The summed E-state index contributed by atoms with van der Waals surface area (Å²) in [5.41, 5.74) is 6.50. The molecule has 2 unspecified atom stereocenters. The van der Waals surface area contributed by atoms with Crippen molar-refractivity contribution in [1.82, 2.24) is 4.90 Å². The normalized spacial score (nSPS) is 43.1. The van der Waals surface area contributed by atoms with Crippen molar-refractivity contribution in [2.45, 2.75) is 77.4 Å². The summed E-state index contributed by atoms with van der Waals surface area (Å²) < 4.78 is 0. The summed E-state index contributed by atoms with van der Waals surface area (Å²) in [5, 5.41) is 0. The molecule has 2 nitrogen and oxygen atoms in total. The molecule has 2 rings (SSSR count). The highest BCUT2D eigenvalue weighted by Gasteiger charge is 2.52. The van der Waals surface area contributed by atoms with E-state index in [0.717, 1.165) is 30.5 Å². The zero-order valence-electron chi connectivity index (χ0n) is 12.1. The third-order valence-electron chi connectivity index (χ3n) is 5.41. The van der Waals surface area contributed by atoms with Gasteiger partial charge in [-0.3, -0.25) is 4.90 Å². The molecule has 17 heavy (non-hydrogen) atoms. The fourth-order valence-corrected chi connectivity index (χ4v) is 4.20. The molecule has 1 aliphatic carbocycles. The molecule has 2 atom stereocenters. The molecule has 0 spiro atoms. The molecule has 2 N–H and O–H groups in total. The van der Waals surface area contributed by atoms with Gasteiger partial charge in [0.1, 0.15) is 0 Å². The highest BCUT2D eigenvalue weighted by Crippen LogP contribution is 2.49. The van der Waals surface area contributed by atoms with Gasteiger partial charge in [0.25, 0.3) is 0 Å².